The average molecular weight is 329 g/mol. The molecule has 0 aromatic heterocycles. The minimum absolute atomic E-state index is 0.0569. The summed E-state index contributed by atoms with van der Waals surface area (Å²) < 4.78 is 16.3. The molecule has 106 valence electrons. The molecule has 1 aromatic rings. The van der Waals surface area contributed by atoms with Gasteiger partial charge in [0.25, 0.3) is 0 Å². The third-order valence-electron chi connectivity index (χ3n) is 4.02. The van der Waals surface area contributed by atoms with Gasteiger partial charge in [0.1, 0.15) is 0 Å². The quantitative estimate of drug-likeness (QED) is 0.736. The van der Waals surface area contributed by atoms with Crippen LogP contribution in [0.5, 0.6) is 11.5 Å². The molecule has 0 N–H and O–H groups in total. The maximum Gasteiger partial charge on any atom is 0.161 e. The van der Waals surface area contributed by atoms with Crippen LogP contribution in [0.3, 0.4) is 0 Å². The van der Waals surface area contributed by atoms with Gasteiger partial charge in [-0.2, -0.15) is 0 Å². The summed E-state index contributed by atoms with van der Waals surface area (Å²) in [6.45, 7) is 0. The molecule has 1 aliphatic carbocycles. The van der Waals surface area contributed by atoms with Crippen molar-refractivity contribution in [2.45, 2.75) is 36.1 Å². The van der Waals surface area contributed by atoms with Crippen molar-refractivity contribution in [3.05, 3.63) is 23.8 Å². The van der Waals surface area contributed by atoms with Crippen molar-refractivity contribution in [2.75, 3.05) is 21.3 Å². The van der Waals surface area contributed by atoms with E-state index in [1.54, 1.807) is 14.2 Å². The van der Waals surface area contributed by atoms with Gasteiger partial charge in [0.2, 0.25) is 0 Å². The van der Waals surface area contributed by atoms with Crippen LogP contribution in [0.4, 0.5) is 0 Å². The van der Waals surface area contributed by atoms with Gasteiger partial charge in [0.15, 0.2) is 11.5 Å². The second kappa shape index (κ2) is 6.14. The summed E-state index contributed by atoms with van der Waals surface area (Å²) in [7, 11) is 5.12. The van der Waals surface area contributed by atoms with Crippen molar-refractivity contribution < 1.29 is 14.2 Å². The molecule has 0 saturated heterocycles. The van der Waals surface area contributed by atoms with E-state index in [0.717, 1.165) is 30.8 Å². The lowest BCUT2D eigenvalue weighted by Gasteiger charge is -2.42. The SMILES string of the molecule is COc1ccc(C(Br)CC2(OC)CCC2)cc1OC. The van der Waals surface area contributed by atoms with E-state index in [1.807, 2.05) is 19.2 Å². The van der Waals surface area contributed by atoms with Crippen molar-refractivity contribution in [1.29, 1.82) is 0 Å². The number of halogens is 1. The molecule has 4 heteroatoms. The van der Waals surface area contributed by atoms with Crippen LogP contribution in [-0.4, -0.2) is 26.9 Å². The molecule has 1 fully saturated rings. The standard InChI is InChI=1S/C15H21BrO3/c1-17-13-6-5-11(9-14(13)18-2)12(16)10-15(19-3)7-4-8-15/h5-6,9,12H,4,7-8,10H2,1-3H3. The van der Waals surface area contributed by atoms with E-state index in [2.05, 4.69) is 22.0 Å². The van der Waals surface area contributed by atoms with Crippen LogP contribution >= 0.6 is 15.9 Å². The zero-order chi connectivity index (χ0) is 13.9. The first-order valence-corrected chi connectivity index (χ1v) is 7.47. The summed E-state index contributed by atoms with van der Waals surface area (Å²) in [6.07, 6.45) is 4.55. The number of methoxy groups -OCH3 is 3. The van der Waals surface area contributed by atoms with E-state index in [9.17, 15) is 0 Å². The molecule has 1 saturated carbocycles. The highest BCUT2D eigenvalue weighted by molar-refractivity contribution is 9.09. The smallest absolute Gasteiger partial charge is 0.161 e. The van der Waals surface area contributed by atoms with E-state index in [1.165, 1.54) is 12.0 Å². The van der Waals surface area contributed by atoms with Gasteiger partial charge in [0.05, 0.1) is 19.8 Å². The summed E-state index contributed by atoms with van der Waals surface area (Å²) >= 11 is 3.77. The van der Waals surface area contributed by atoms with Crippen molar-refractivity contribution >= 4 is 15.9 Å². The van der Waals surface area contributed by atoms with Gasteiger partial charge in [0, 0.05) is 11.9 Å². The van der Waals surface area contributed by atoms with Gasteiger partial charge in [-0.3, -0.25) is 0 Å². The lowest BCUT2D eigenvalue weighted by Crippen LogP contribution is -2.39. The number of hydrogen-bond donors (Lipinski definition) is 0. The fourth-order valence-electron chi connectivity index (χ4n) is 2.55. The third-order valence-corrected chi connectivity index (χ3v) is 4.87. The van der Waals surface area contributed by atoms with Crippen molar-refractivity contribution in [3.8, 4) is 11.5 Å². The number of benzene rings is 1. The first-order valence-electron chi connectivity index (χ1n) is 6.55. The Morgan fingerprint density at radius 3 is 2.32 bits per heavy atom. The van der Waals surface area contributed by atoms with Crippen LogP contribution in [0.25, 0.3) is 0 Å². The highest BCUT2D eigenvalue weighted by Gasteiger charge is 2.38. The maximum absolute atomic E-state index is 5.68. The van der Waals surface area contributed by atoms with Gasteiger partial charge < -0.3 is 14.2 Å². The van der Waals surface area contributed by atoms with E-state index < -0.39 is 0 Å². The topological polar surface area (TPSA) is 27.7 Å². The minimum atomic E-state index is 0.0569. The average Bonchev–Trinajstić information content (AvgIpc) is 2.41. The summed E-state index contributed by atoms with van der Waals surface area (Å²) in [5.41, 5.74) is 1.25. The molecule has 3 nitrogen and oxygen atoms in total. The Balaban J connectivity index is 2.12. The summed E-state index contributed by atoms with van der Waals surface area (Å²) in [5.74, 6) is 1.53. The van der Waals surface area contributed by atoms with Gasteiger partial charge in [-0.25, -0.2) is 0 Å². The molecule has 0 heterocycles. The lowest BCUT2D eigenvalue weighted by molar-refractivity contribution is -0.0773. The second-order valence-corrected chi connectivity index (χ2v) is 6.13. The molecule has 1 aliphatic rings. The van der Waals surface area contributed by atoms with E-state index in [0.29, 0.717) is 0 Å². The van der Waals surface area contributed by atoms with Crippen molar-refractivity contribution in [1.82, 2.24) is 0 Å². The fourth-order valence-corrected chi connectivity index (χ4v) is 3.43. The van der Waals surface area contributed by atoms with Gasteiger partial charge in [-0.1, -0.05) is 22.0 Å². The molecule has 0 amide bonds. The number of alkyl halides is 1. The van der Waals surface area contributed by atoms with Crippen LogP contribution in [-0.2, 0) is 4.74 Å². The van der Waals surface area contributed by atoms with Crippen LogP contribution in [0.2, 0.25) is 0 Å². The minimum Gasteiger partial charge on any atom is -0.493 e. The Labute approximate surface area is 123 Å². The monoisotopic (exact) mass is 328 g/mol. The molecule has 1 atom stereocenters. The largest absolute Gasteiger partial charge is 0.493 e. The molecular formula is C15H21BrO3. The zero-order valence-electron chi connectivity index (χ0n) is 11.7. The van der Waals surface area contributed by atoms with Gasteiger partial charge in [-0.05, 0) is 43.4 Å². The van der Waals surface area contributed by atoms with Crippen LogP contribution < -0.4 is 9.47 Å². The molecule has 0 aliphatic heterocycles. The molecule has 0 bridgehead atoms. The molecule has 1 aromatic carbocycles. The molecule has 1 unspecified atom stereocenters. The van der Waals surface area contributed by atoms with E-state index in [-0.39, 0.29) is 10.4 Å². The Morgan fingerprint density at radius 1 is 1.16 bits per heavy atom. The Bertz CT molecular complexity index is 424. The third kappa shape index (κ3) is 3.06. The predicted octanol–water partition coefficient (Wildman–Crippen LogP) is 4.10. The molecular weight excluding hydrogens is 308 g/mol. The normalized spacial score (nSPS) is 18.5. The molecule has 0 radical (unpaired) electrons. The summed E-state index contributed by atoms with van der Waals surface area (Å²) in [5, 5.41) is 0. The molecule has 19 heavy (non-hydrogen) atoms. The lowest BCUT2D eigenvalue weighted by atomic mass is 9.76. The highest BCUT2D eigenvalue weighted by Crippen LogP contribution is 2.45. The number of ether oxygens (including phenoxy) is 3. The fraction of sp³-hybridized carbons (Fsp3) is 0.600. The first-order chi connectivity index (χ1) is 9.14. The van der Waals surface area contributed by atoms with Crippen molar-refractivity contribution in [3.63, 3.8) is 0 Å². The van der Waals surface area contributed by atoms with Crippen LogP contribution in [0.15, 0.2) is 18.2 Å². The summed E-state index contributed by atoms with van der Waals surface area (Å²) in [4.78, 5) is 0.271. The first kappa shape index (κ1) is 14.7. The zero-order valence-corrected chi connectivity index (χ0v) is 13.3. The predicted molar refractivity (Wildman–Crippen MR) is 79.4 cm³/mol. The summed E-state index contributed by atoms with van der Waals surface area (Å²) in [6, 6.07) is 6.05. The highest BCUT2D eigenvalue weighted by atomic mass is 79.9. The van der Waals surface area contributed by atoms with Gasteiger partial charge >= 0.3 is 0 Å². The molecule has 0 spiro atoms. The Hall–Kier alpha value is -0.740. The van der Waals surface area contributed by atoms with E-state index in [4.69, 9.17) is 14.2 Å². The van der Waals surface area contributed by atoms with Crippen LogP contribution in [0, 0.1) is 0 Å². The van der Waals surface area contributed by atoms with Gasteiger partial charge in [-0.15, -0.1) is 0 Å². The Kier molecular flexibility index (Phi) is 4.74. The number of hydrogen-bond acceptors (Lipinski definition) is 3. The molecule has 2 rings (SSSR count). The van der Waals surface area contributed by atoms with E-state index >= 15 is 0 Å². The van der Waals surface area contributed by atoms with Crippen molar-refractivity contribution in [2.24, 2.45) is 0 Å². The second-order valence-electron chi connectivity index (χ2n) is 5.03. The number of rotatable bonds is 6. The Morgan fingerprint density at radius 2 is 1.84 bits per heavy atom. The van der Waals surface area contributed by atoms with Crippen LogP contribution in [0.1, 0.15) is 36.1 Å². The maximum atomic E-state index is 5.68.